The van der Waals surface area contributed by atoms with E-state index in [2.05, 4.69) is 24.9 Å². The zero-order valence-corrected chi connectivity index (χ0v) is 18.2. The van der Waals surface area contributed by atoms with Gasteiger partial charge in [0.1, 0.15) is 23.1 Å². The van der Waals surface area contributed by atoms with E-state index < -0.39 is 5.82 Å². The summed E-state index contributed by atoms with van der Waals surface area (Å²) in [5.41, 5.74) is 8.09. The molecular weight excluding hydrogens is 454 g/mol. The molecule has 33 heavy (non-hydrogen) atoms. The molecule has 5 heterocycles. The van der Waals surface area contributed by atoms with Gasteiger partial charge in [-0.05, 0) is 12.1 Å². The molecule has 3 N–H and O–H groups in total. The van der Waals surface area contributed by atoms with Crippen molar-refractivity contribution >= 4 is 39.4 Å². The van der Waals surface area contributed by atoms with Crippen LogP contribution in [0.1, 0.15) is 0 Å². The Bertz CT molecular complexity index is 1460. The zero-order valence-electron chi connectivity index (χ0n) is 17.4. The Morgan fingerprint density at radius 1 is 0.788 bits per heavy atom. The first-order chi connectivity index (χ1) is 15.9. The number of halogens is 3. The molecule has 5 aromatic heterocycles. The highest BCUT2D eigenvalue weighted by Crippen LogP contribution is 2.33. The SMILES string of the molecule is COc1cc(-c2cc(F)cnc2N)c(Cl)cn1.COc1cc2c(cn1)[nH]c1ncc(F)cc12. The van der Waals surface area contributed by atoms with Crippen LogP contribution < -0.4 is 15.2 Å². The number of hydrogen-bond acceptors (Lipinski definition) is 7. The van der Waals surface area contributed by atoms with E-state index >= 15 is 0 Å². The number of methoxy groups -OCH3 is 2. The Morgan fingerprint density at radius 2 is 1.45 bits per heavy atom. The van der Waals surface area contributed by atoms with E-state index in [1.54, 1.807) is 25.4 Å². The molecule has 0 aliphatic rings. The number of rotatable bonds is 3. The highest BCUT2D eigenvalue weighted by Gasteiger charge is 2.11. The number of nitrogens with zero attached hydrogens (tertiary/aromatic N) is 4. The summed E-state index contributed by atoms with van der Waals surface area (Å²) in [5, 5.41) is 1.94. The Hall–Kier alpha value is -4.05. The fourth-order valence-corrected chi connectivity index (χ4v) is 3.35. The minimum atomic E-state index is -0.485. The van der Waals surface area contributed by atoms with Crippen LogP contribution in [0.5, 0.6) is 11.8 Å². The average Bonchev–Trinajstić information content (AvgIpc) is 3.18. The molecule has 0 saturated heterocycles. The molecule has 0 bridgehead atoms. The molecule has 0 aliphatic heterocycles. The minimum absolute atomic E-state index is 0.196. The highest BCUT2D eigenvalue weighted by atomic mass is 35.5. The number of ether oxygens (including phenoxy) is 2. The van der Waals surface area contributed by atoms with Gasteiger partial charge < -0.3 is 20.2 Å². The minimum Gasteiger partial charge on any atom is -0.481 e. The van der Waals surface area contributed by atoms with Gasteiger partial charge in [0.05, 0.1) is 49.5 Å². The quantitative estimate of drug-likeness (QED) is 0.390. The lowest BCUT2D eigenvalue weighted by Crippen LogP contribution is -1.96. The number of H-pyrrole nitrogens is 1. The van der Waals surface area contributed by atoms with Crippen LogP contribution in [0.3, 0.4) is 0 Å². The summed E-state index contributed by atoms with van der Waals surface area (Å²) < 4.78 is 36.2. The van der Waals surface area contributed by atoms with Crippen molar-refractivity contribution < 1.29 is 18.3 Å². The Kier molecular flexibility index (Phi) is 6.18. The smallest absolute Gasteiger partial charge is 0.213 e. The van der Waals surface area contributed by atoms with Crippen molar-refractivity contribution in [1.29, 1.82) is 0 Å². The van der Waals surface area contributed by atoms with E-state index in [0.717, 1.165) is 22.5 Å². The molecule has 0 atom stereocenters. The number of nitrogen functional groups attached to an aromatic ring is 1. The molecule has 8 nitrogen and oxygen atoms in total. The van der Waals surface area contributed by atoms with Crippen molar-refractivity contribution in [3.05, 3.63) is 65.7 Å². The van der Waals surface area contributed by atoms with E-state index in [9.17, 15) is 8.78 Å². The molecule has 5 aromatic rings. The molecule has 0 unspecified atom stereocenters. The van der Waals surface area contributed by atoms with Crippen molar-refractivity contribution in [1.82, 2.24) is 24.9 Å². The third-order valence-corrected chi connectivity index (χ3v) is 5.00. The molecule has 0 radical (unpaired) electrons. The molecule has 11 heteroatoms. The number of anilines is 1. The van der Waals surface area contributed by atoms with Crippen LogP contribution in [0.4, 0.5) is 14.6 Å². The summed E-state index contributed by atoms with van der Waals surface area (Å²) in [6.07, 6.45) is 5.29. The first-order valence-electron chi connectivity index (χ1n) is 9.47. The van der Waals surface area contributed by atoms with Crippen LogP contribution >= 0.6 is 11.6 Å². The maximum absolute atomic E-state index is 13.1. The monoisotopic (exact) mass is 470 g/mol. The van der Waals surface area contributed by atoms with Crippen LogP contribution in [0.2, 0.25) is 5.02 Å². The lowest BCUT2D eigenvalue weighted by molar-refractivity contribution is 0.398. The van der Waals surface area contributed by atoms with Crippen molar-refractivity contribution in [2.45, 2.75) is 0 Å². The first-order valence-corrected chi connectivity index (χ1v) is 9.85. The molecule has 0 spiro atoms. The Balaban J connectivity index is 0.000000157. The molecule has 0 saturated carbocycles. The van der Waals surface area contributed by atoms with Gasteiger partial charge in [-0.15, -0.1) is 0 Å². The summed E-state index contributed by atoms with van der Waals surface area (Å²) >= 11 is 5.99. The summed E-state index contributed by atoms with van der Waals surface area (Å²) in [4.78, 5) is 18.8. The van der Waals surface area contributed by atoms with E-state index in [1.165, 1.54) is 31.6 Å². The summed E-state index contributed by atoms with van der Waals surface area (Å²) in [6.45, 7) is 0. The Morgan fingerprint density at radius 3 is 2.21 bits per heavy atom. The van der Waals surface area contributed by atoms with E-state index in [-0.39, 0.29) is 11.6 Å². The summed E-state index contributed by atoms with van der Waals surface area (Å²) in [7, 11) is 3.02. The van der Waals surface area contributed by atoms with Gasteiger partial charge in [0.25, 0.3) is 0 Å². The average molecular weight is 471 g/mol. The maximum Gasteiger partial charge on any atom is 0.213 e. The Labute approximate surface area is 191 Å². The molecule has 0 amide bonds. The van der Waals surface area contributed by atoms with Crippen molar-refractivity contribution in [3.63, 3.8) is 0 Å². The number of pyridine rings is 4. The second kappa shape index (κ2) is 9.21. The second-order valence-corrected chi connectivity index (χ2v) is 7.15. The largest absolute Gasteiger partial charge is 0.481 e. The fraction of sp³-hybridized carbons (Fsp3) is 0.0909. The molecular formula is C22H17ClF2N6O2. The number of nitrogens with two attached hydrogens (primary N) is 1. The lowest BCUT2D eigenvalue weighted by atomic mass is 10.1. The van der Waals surface area contributed by atoms with Crippen LogP contribution in [0, 0.1) is 11.6 Å². The number of aromatic amines is 1. The maximum atomic E-state index is 13.1. The van der Waals surface area contributed by atoms with E-state index in [4.69, 9.17) is 26.8 Å². The normalized spacial score (nSPS) is 10.7. The summed E-state index contributed by atoms with van der Waals surface area (Å²) in [6, 6.07) is 6.05. The number of aromatic nitrogens is 5. The standard InChI is InChI=1S/C11H9ClFN3O.C11H8FN3O/c1-17-10-3-7(9(12)5-15-10)8-2-6(13)4-16-11(8)14;1-16-10-3-7-8-2-6(12)4-14-11(8)15-9(7)5-13-10/h2-5H,1H3,(H2,14,16);2-5H,1H3,(H,14,15). The van der Waals surface area contributed by atoms with Gasteiger partial charge >= 0.3 is 0 Å². The molecule has 0 fully saturated rings. The predicted octanol–water partition coefficient (Wildman–Crippen LogP) is 4.79. The van der Waals surface area contributed by atoms with Gasteiger partial charge in [0.15, 0.2) is 0 Å². The van der Waals surface area contributed by atoms with Gasteiger partial charge in [0, 0.05) is 34.0 Å². The van der Waals surface area contributed by atoms with Crippen LogP contribution in [-0.2, 0) is 0 Å². The van der Waals surface area contributed by atoms with Gasteiger partial charge in [-0.1, -0.05) is 11.6 Å². The fourth-order valence-electron chi connectivity index (χ4n) is 3.15. The van der Waals surface area contributed by atoms with Crippen LogP contribution in [0.15, 0.2) is 49.1 Å². The van der Waals surface area contributed by atoms with Crippen molar-refractivity contribution in [2.75, 3.05) is 20.0 Å². The van der Waals surface area contributed by atoms with Crippen LogP contribution in [-0.4, -0.2) is 39.1 Å². The number of nitrogens with one attached hydrogen (secondary N) is 1. The van der Waals surface area contributed by atoms with Crippen LogP contribution in [0.25, 0.3) is 33.1 Å². The van der Waals surface area contributed by atoms with E-state index in [0.29, 0.717) is 33.6 Å². The third-order valence-electron chi connectivity index (χ3n) is 4.70. The second-order valence-electron chi connectivity index (χ2n) is 6.74. The van der Waals surface area contributed by atoms with Crippen molar-refractivity contribution in [3.8, 4) is 22.9 Å². The molecule has 0 aromatic carbocycles. The third kappa shape index (κ3) is 4.60. The van der Waals surface area contributed by atoms with Crippen molar-refractivity contribution in [2.24, 2.45) is 0 Å². The predicted molar refractivity (Wildman–Crippen MR) is 121 cm³/mol. The van der Waals surface area contributed by atoms with Gasteiger partial charge in [0.2, 0.25) is 11.8 Å². The highest BCUT2D eigenvalue weighted by molar-refractivity contribution is 6.33. The topological polar surface area (TPSA) is 112 Å². The van der Waals surface area contributed by atoms with E-state index in [1.807, 2.05) is 0 Å². The molecule has 5 rings (SSSR count). The molecule has 0 aliphatic carbocycles. The first kappa shape index (κ1) is 22.2. The number of fused-ring (bicyclic) bond motifs is 3. The lowest BCUT2D eigenvalue weighted by Gasteiger charge is -2.08. The van der Waals surface area contributed by atoms with Gasteiger partial charge in [-0.2, -0.15) is 0 Å². The summed E-state index contributed by atoms with van der Waals surface area (Å²) in [5.74, 6) is 0.220. The van der Waals surface area contributed by atoms with Gasteiger partial charge in [-0.3, -0.25) is 0 Å². The zero-order chi connectivity index (χ0) is 23.5. The number of hydrogen-bond donors (Lipinski definition) is 2. The van der Waals surface area contributed by atoms with Gasteiger partial charge in [-0.25, -0.2) is 28.7 Å². The molecule has 168 valence electrons.